The number of halogens is 1. The van der Waals surface area contributed by atoms with Gasteiger partial charge in [-0.2, -0.15) is 4.72 Å². The molecule has 122 valence electrons. The summed E-state index contributed by atoms with van der Waals surface area (Å²) >= 11 is 5.74. The molecule has 1 atom stereocenters. The number of carbonyl (C=O) groups excluding carboxylic acids is 1. The van der Waals surface area contributed by atoms with Crippen LogP contribution in [0.2, 0.25) is 5.02 Å². The van der Waals surface area contributed by atoms with E-state index in [1.54, 1.807) is 24.3 Å². The van der Waals surface area contributed by atoms with Gasteiger partial charge in [-0.15, -0.1) is 0 Å². The Hall–Kier alpha value is -2.09. The van der Waals surface area contributed by atoms with Gasteiger partial charge in [-0.25, -0.2) is 8.42 Å². The highest BCUT2D eigenvalue weighted by Crippen LogP contribution is 2.21. The minimum atomic E-state index is -3.93. The molecule has 0 saturated carbocycles. The molecular formula is C15H15ClN2O4S. The third-order valence-electron chi connectivity index (χ3n) is 3.13. The van der Waals surface area contributed by atoms with Crippen molar-refractivity contribution in [3.8, 4) is 5.75 Å². The molecule has 23 heavy (non-hydrogen) atoms. The van der Waals surface area contributed by atoms with Crippen LogP contribution in [-0.2, 0) is 14.8 Å². The Bertz CT molecular complexity index is 789. The number of sulfonamides is 1. The number of hydrogen-bond acceptors (Lipinski definition) is 4. The summed E-state index contributed by atoms with van der Waals surface area (Å²) in [7, 11) is -2.42. The molecule has 0 aliphatic carbocycles. The minimum absolute atomic E-state index is 0.0124. The lowest BCUT2D eigenvalue weighted by Gasteiger charge is -2.16. The van der Waals surface area contributed by atoms with Gasteiger partial charge >= 0.3 is 0 Å². The molecule has 2 rings (SSSR count). The van der Waals surface area contributed by atoms with Crippen LogP contribution >= 0.6 is 11.6 Å². The zero-order chi connectivity index (χ0) is 17.0. The van der Waals surface area contributed by atoms with Gasteiger partial charge in [0, 0.05) is 5.02 Å². The third kappa shape index (κ3) is 4.22. The van der Waals surface area contributed by atoms with E-state index in [0.29, 0.717) is 16.3 Å². The second-order valence-corrected chi connectivity index (χ2v) is 6.83. The summed E-state index contributed by atoms with van der Waals surface area (Å²) in [6, 6.07) is 10.8. The number of carbonyl (C=O) groups is 1. The van der Waals surface area contributed by atoms with E-state index in [-0.39, 0.29) is 4.90 Å². The van der Waals surface area contributed by atoms with Gasteiger partial charge in [-0.1, -0.05) is 23.7 Å². The van der Waals surface area contributed by atoms with Crippen molar-refractivity contribution in [1.29, 1.82) is 0 Å². The van der Waals surface area contributed by atoms with E-state index in [1.165, 1.54) is 31.4 Å². The number of nitrogens with one attached hydrogen (secondary N) is 1. The summed E-state index contributed by atoms with van der Waals surface area (Å²) in [4.78, 5) is 11.6. The van der Waals surface area contributed by atoms with E-state index in [0.717, 1.165) is 0 Å². The number of benzene rings is 2. The maximum absolute atomic E-state index is 12.4. The number of hydrogen-bond donors (Lipinski definition) is 2. The molecule has 3 N–H and O–H groups in total. The van der Waals surface area contributed by atoms with E-state index in [1.807, 2.05) is 0 Å². The highest BCUT2D eigenvalue weighted by Gasteiger charge is 2.25. The lowest BCUT2D eigenvalue weighted by molar-refractivity contribution is -0.119. The van der Waals surface area contributed by atoms with E-state index < -0.39 is 22.0 Å². The highest BCUT2D eigenvalue weighted by atomic mass is 35.5. The smallest absolute Gasteiger partial charge is 0.241 e. The topological polar surface area (TPSA) is 98.5 Å². The van der Waals surface area contributed by atoms with Crippen LogP contribution in [-0.4, -0.2) is 21.4 Å². The fraction of sp³-hybridized carbons (Fsp3) is 0.133. The lowest BCUT2D eigenvalue weighted by Crippen LogP contribution is -2.37. The van der Waals surface area contributed by atoms with Gasteiger partial charge in [0.05, 0.1) is 12.0 Å². The fourth-order valence-electron chi connectivity index (χ4n) is 1.92. The third-order valence-corrected chi connectivity index (χ3v) is 4.82. The summed E-state index contributed by atoms with van der Waals surface area (Å²) in [5, 5.41) is 0.408. The van der Waals surface area contributed by atoms with Crippen LogP contribution in [0.3, 0.4) is 0 Å². The number of nitrogens with two attached hydrogens (primary N) is 1. The summed E-state index contributed by atoms with van der Waals surface area (Å²) in [6.07, 6.45) is 0. The molecule has 0 bridgehead atoms. The summed E-state index contributed by atoms with van der Waals surface area (Å²) in [5.41, 5.74) is 5.74. The normalized spacial score (nSPS) is 12.6. The standard InChI is InChI=1S/C15H15ClN2O4S/c1-22-12-6-2-10(3-7-12)14(15(17)19)18-23(20,21)13-8-4-11(16)5-9-13/h2-9,14,18H,1H3,(H2,17,19). The van der Waals surface area contributed by atoms with Gasteiger partial charge in [0.1, 0.15) is 11.8 Å². The number of amides is 1. The second kappa shape index (κ2) is 6.99. The van der Waals surface area contributed by atoms with Crippen LogP contribution in [0.4, 0.5) is 0 Å². The van der Waals surface area contributed by atoms with Gasteiger partial charge < -0.3 is 10.5 Å². The van der Waals surface area contributed by atoms with Crippen molar-refractivity contribution >= 4 is 27.5 Å². The number of methoxy groups -OCH3 is 1. The molecule has 0 aromatic heterocycles. The minimum Gasteiger partial charge on any atom is -0.497 e. The maximum Gasteiger partial charge on any atom is 0.241 e. The Kier molecular flexibility index (Phi) is 5.25. The predicted molar refractivity (Wildman–Crippen MR) is 86.7 cm³/mol. The second-order valence-electron chi connectivity index (χ2n) is 4.68. The van der Waals surface area contributed by atoms with E-state index in [9.17, 15) is 13.2 Å². The first-order valence-electron chi connectivity index (χ1n) is 6.54. The molecule has 0 heterocycles. The van der Waals surface area contributed by atoms with Gasteiger partial charge in [0.25, 0.3) is 0 Å². The van der Waals surface area contributed by atoms with E-state index in [2.05, 4.69) is 4.72 Å². The number of rotatable bonds is 6. The molecule has 0 aliphatic rings. The van der Waals surface area contributed by atoms with Crippen LogP contribution in [0.25, 0.3) is 0 Å². The van der Waals surface area contributed by atoms with Gasteiger partial charge in [-0.3, -0.25) is 4.79 Å². The highest BCUT2D eigenvalue weighted by molar-refractivity contribution is 7.89. The molecule has 1 unspecified atom stereocenters. The zero-order valence-corrected chi connectivity index (χ0v) is 13.8. The Labute approximate surface area is 139 Å². The van der Waals surface area contributed by atoms with Gasteiger partial charge in [-0.05, 0) is 42.0 Å². The molecule has 0 saturated heterocycles. The van der Waals surface area contributed by atoms with Crippen molar-refractivity contribution in [3.63, 3.8) is 0 Å². The molecular weight excluding hydrogens is 340 g/mol. The first kappa shape index (κ1) is 17.3. The van der Waals surface area contributed by atoms with E-state index in [4.69, 9.17) is 22.1 Å². The van der Waals surface area contributed by atoms with Crippen LogP contribution < -0.4 is 15.2 Å². The van der Waals surface area contributed by atoms with Crippen LogP contribution in [0.5, 0.6) is 5.75 Å². The molecule has 2 aromatic carbocycles. The number of ether oxygens (including phenoxy) is 1. The quantitative estimate of drug-likeness (QED) is 0.827. The lowest BCUT2D eigenvalue weighted by atomic mass is 10.1. The summed E-state index contributed by atoms with van der Waals surface area (Å²) in [6.45, 7) is 0. The number of primary amides is 1. The SMILES string of the molecule is COc1ccc(C(NS(=O)(=O)c2ccc(Cl)cc2)C(N)=O)cc1. The summed E-state index contributed by atoms with van der Waals surface area (Å²) in [5.74, 6) is -0.231. The Morgan fingerprint density at radius 2 is 1.70 bits per heavy atom. The first-order chi connectivity index (χ1) is 10.8. The monoisotopic (exact) mass is 354 g/mol. The van der Waals surface area contributed by atoms with Gasteiger partial charge in [0.15, 0.2) is 0 Å². The Balaban J connectivity index is 2.31. The molecule has 1 amide bonds. The molecule has 6 nitrogen and oxygen atoms in total. The average Bonchev–Trinajstić information content (AvgIpc) is 2.53. The molecule has 0 aliphatic heterocycles. The Morgan fingerprint density at radius 1 is 1.13 bits per heavy atom. The first-order valence-corrected chi connectivity index (χ1v) is 8.41. The van der Waals surface area contributed by atoms with Crippen molar-refractivity contribution in [3.05, 3.63) is 59.1 Å². The molecule has 0 fully saturated rings. The molecule has 8 heteroatoms. The Morgan fingerprint density at radius 3 is 2.17 bits per heavy atom. The van der Waals surface area contributed by atoms with Crippen molar-refractivity contribution < 1.29 is 17.9 Å². The summed E-state index contributed by atoms with van der Waals surface area (Å²) < 4.78 is 32.1. The molecule has 0 spiro atoms. The van der Waals surface area contributed by atoms with Crippen LogP contribution in [0.15, 0.2) is 53.4 Å². The zero-order valence-electron chi connectivity index (χ0n) is 12.2. The molecule has 2 aromatic rings. The average molecular weight is 355 g/mol. The largest absolute Gasteiger partial charge is 0.497 e. The maximum atomic E-state index is 12.4. The van der Waals surface area contributed by atoms with Crippen molar-refractivity contribution in [2.45, 2.75) is 10.9 Å². The predicted octanol–water partition coefficient (Wildman–Crippen LogP) is 1.85. The van der Waals surface area contributed by atoms with Crippen molar-refractivity contribution in [1.82, 2.24) is 4.72 Å². The van der Waals surface area contributed by atoms with Gasteiger partial charge in [0.2, 0.25) is 15.9 Å². The van der Waals surface area contributed by atoms with Crippen molar-refractivity contribution in [2.24, 2.45) is 5.73 Å². The molecule has 0 radical (unpaired) electrons. The van der Waals surface area contributed by atoms with Crippen LogP contribution in [0, 0.1) is 0 Å². The van der Waals surface area contributed by atoms with E-state index >= 15 is 0 Å². The van der Waals surface area contributed by atoms with Crippen molar-refractivity contribution in [2.75, 3.05) is 7.11 Å². The van der Waals surface area contributed by atoms with Crippen LogP contribution in [0.1, 0.15) is 11.6 Å². The fourth-order valence-corrected chi connectivity index (χ4v) is 3.24.